The molecule has 2 aromatic rings. The molecule has 5 nitrogen and oxygen atoms in total. The van der Waals surface area contributed by atoms with Crippen molar-refractivity contribution in [2.75, 3.05) is 6.79 Å². The smallest absolute Gasteiger partial charge is 0.347 e. The molecule has 0 atom stereocenters. The van der Waals surface area contributed by atoms with E-state index in [-0.39, 0.29) is 11.7 Å². The van der Waals surface area contributed by atoms with Crippen LogP contribution in [0.5, 0.6) is 11.5 Å². The monoisotopic (exact) mass is 355 g/mol. The van der Waals surface area contributed by atoms with Crippen molar-refractivity contribution in [2.45, 2.75) is 13.3 Å². The maximum atomic E-state index is 11.2. The third-order valence-electron chi connectivity index (χ3n) is 2.90. The number of aromatic carboxylic acids is 1. The average molecular weight is 356 g/mol. The minimum absolute atomic E-state index is 0.190. The fourth-order valence-corrected chi connectivity index (χ4v) is 3.51. The lowest BCUT2D eigenvalue weighted by Crippen LogP contribution is -1.97. The summed E-state index contributed by atoms with van der Waals surface area (Å²) < 4.78 is 11.5. The van der Waals surface area contributed by atoms with Gasteiger partial charge in [-0.1, -0.05) is 6.92 Å². The van der Waals surface area contributed by atoms with Gasteiger partial charge in [-0.2, -0.15) is 0 Å². The summed E-state index contributed by atoms with van der Waals surface area (Å²) in [6.07, 6.45) is 0.587. The predicted octanol–water partition coefficient (Wildman–Crippen LogP) is 3.56. The first kappa shape index (κ1) is 13.4. The Morgan fingerprint density at radius 1 is 1.50 bits per heavy atom. The highest BCUT2D eigenvalue weighted by atomic mass is 79.9. The second-order valence-corrected chi connectivity index (χ2v) is 6.00. The van der Waals surface area contributed by atoms with E-state index in [1.807, 2.05) is 19.1 Å². The first-order valence-electron chi connectivity index (χ1n) is 5.92. The second-order valence-electron chi connectivity index (χ2n) is 4.15. The number of halogens is 1. The maximum absolute atomic E-state index is 11.2. The fraction of sp³-hybridized carbons (Fsp3) is 0.231. The number of carboxylic acids is 1. The van der Waals surface area contributed by atoms with Crippen LogP contribution in [0.25, 0.3) is 10.6 Å². The Bertz CT molecular complexity index is 698. The van der Waals surface area contributed by atoms with Crippen LogP contribution in [0.2, 0.25) is 0 Å². The fourth-order valence-electron chi connectivity index (χ4n) is 1.97. The van der Waals surface area contributed by atoms with Gasteiger partial charge in [0.25, 0.3) is 0 Å². The summed E-state index contributed by atoms with van der Waals surface area (Å²) in [6.45, 7) is 2.08. The van der Waals surface area contributed by atoms with E-state index in [0.717, 1.165) is 10.0 Å². The van der Waals surface area contributed by atoms with Gasteiger partial charge in [0.15, 0.2) is 11.5 Å². The van der Waals surface area contributed by atoms with Crippen molar-refractivity contribution in [3.05, 3.63) is 27.2 Å². The standard InChI is InChI=1S/C13H10BrNO4S/c1-2-8-11(13(16)17)20-12(15-8)6-3-7(14)10-9(4-6)18-5-19-10/h3-4H,2,5H2,1H3,(H,16,17). The van der Waals surface area contributed by atoms with Crippen LogP contribution in [-0.4, -0.2) is 22.9 Å². The number of nitrogens with zero attached hydrogens (tertiary/aromatic N) is 1. The number of fused-ring (bicyclic) bond motifs is 1. The van der Waals surface area contributed by atoms with Gasteiger partial charge in [-0.3, -0.25) is 0 Å². The van der Waals surface area contributed by atoms with Gasteiger partial charge in [-0.15, -0.1) is 11.3 Å². The van der Waals surface area contributed by atoms with Gasteiger partial charge in [0.05, 0.1) is 10.2 Å². The van der Waals surface area contributed by atoms with Crippen LogP contribution in [0.15, 0.2) is 16.6 Å². The molecule has 0 saturated carbocycles. The van der Waals surface area contributed by atoms with Crippen LogP contribution in [0, 0.1) is 0 Å². The summed E-state index contributed by atoms with van der Waals surface area (Å²) in [5.74, 6) is 0.365. The molecule has 104 valence electrons. The van der Waals surface area contributed by atoms with E-state index >= 15 is 0 Å². The van der Waals surface area contributed by atoms with Crippen LogP contribution < -0.4 is 9.47 Å². The van der Waals surface area contributed by atoms with E-state index in [2.05, 4.69) is 20.9 Å². The Morgan fingerprint density at radius 3 is 2.95 bits per heavy atom. The Balaban J connectivity index is 2.10. The van der Waals surface area contributed by atoms with Crippen molar-refractivity contribution >= 4 is 33.2 Å². The molecular formula is C13H10BrNO4S. The number of hydrogen-bond acceptors (Lipinski definition) is 5. The predicted molar refractivity (Wildman–Crippen MR) is 77.7 cm³/mol. The number of carbonyl (C=O) groups is 1. The van der Waals surface area contributed by atoms with Crippen molar-refractivity contribution in [2.24, 2.45) is 0 Å². The van der Waals surface area contributed by atoms with Crippen LogP contribution in [0.1, 0.15) is 22.3 Å². The summed E-state index contributed by atoms with van der Waals surface area (Å²) in [6, 6.07) is 3.68. The van der Waals surface area contributed by atoms with Crippen LogP contribution in [0.3, 0.4) is 0 Å². The molecule has 3 rings (SSSR count). The van der Waals surface area contributed by atoms with Gasteiger partial charge in [0, 0.05) is 5.56 Å². The minimum atomic E-state index is -0.939. The quantitative estimate of drug-likeness (QED) is 0.911. The molecular weight excluding hydrogens is 346 g/mol. The number of carboxylic acid groups (broad SMARTS) is 1. The van der Waals surface area contributed by atoms with Crippen LogP contribution in [-0.2, 0) is 6.42 Å². The van der Waals surface area contributed by atoms with E-state index in [4.69, 9.17) is 9.47 Å². The molecule has 1 aromatic heterocycles. The van der Waals surface area contributed by atoms with Crippen molar-refractivity contribution in [3.8, 4) is 22.1 Å². The number of aromatic nitrogens is 1. The Hall–Kier alpha value is -1.60. The number of hydrogen-bond donors (Lipinski definition) is 1. The van der Waals surface area contributed by atoms with Crippen LogP contribution >= 0.6 is 27.3 Å². The Kier molecular flexibility index (Phi) is 3.39. The molecule has 0 aliphatic carbocycles. The topological polar surface area (TPSA) is 68.7 Å². The Morgan fingerprint density at radius 2 is 2.30 bits per heavy atom. The minimum Gasteiger partial charge on any atom is -0.477 e. The first-order valence-corrected chi connectivity index (χ1v) is 7.53. The molecule has 1 aromatic carbocycles. The third-order valence-corrected chi connectivity index (χ3v) is 4.62. The number of benzene rings is 1. The first-order chi connectivity index (χ1) is 9.60. The third kappa shape index (κ3) is 2.16. The van der Waals surface area contributed by atoms with E-state index in [1.54, 1.807) is 0 Å². The van der Waals surface area contributed by atoms with E-state index < -0.39 is 5.97 Å². The zero-order chi connectivity index (χ0) is 14.3. The lowest BCUT2D eigenvalue weighted by atomic mass is 10.2. The zero-order valence-corrected chi connectivity index (χ0v) is 12.9. The molecule has 0 saturated heterocycles. The van der Waals surface area contributed by atoms with Crippen LogP contribution in [0.4, 0.5) is 0 Å². The molecule has 7 heteroatoms. The van der Waals surface area contributed by atoms with E-state index in [9.17, 15) is 9.90 Å². The zero-order valence-electron chi connectivity index (χ0n) is 10.5. The summed E-state index contributed by atoms with van der Waals surface area (Å²) in [5.41, 5.74) is 1.42. The van der Waals surface area contributed by atoms with E-state index in [0.29, 0.717) is 28.6 Å². The molecule has 0 spiro atoms. The lowest BCUT2D eigenvalue weighted by molar-refractivity contribution is 0.0701. The molecule has 0 bridgehead atoms. The van der Waals surface area contributed by atoms with Gasteiger partial charge in [0.2, 0.25) is 6.79 Å². The molecule has 1 N–H and O–H groups in total. The largest absolute Gasteiger partial charge is 0.477 e. The SMILES string of the molecule is CCc1nc(-c2cc(Br)c3c(c2)OCO3)sc1C(=O)O. The Labute approximate surface area is 127 Å². The summed E-state index contributed by atoms with van der Waals surface area (Å²) in [7, 11) is 0. The van der Waals surface area contributed by atoms with Gasteiger partial charge in [0.1, 0.15) is 9.88 Å². The molecule has 0 amide bonds. The molecule has 0 fully saturated rings. The van der Waals surface area contributed by atoms with Crippen molar-refractivity contribution in [1.29, 1.82) is 0 Å². The van der Waals surface area contributed by atoms with Gasteiger partial charge in [-0.25, -0.2) is 9.78 Å². The maximum Gasteiger partial charge on any atom is 0.347 e. The van der Waals surface area contributed by atoms with E-state index in [1.165, 1.54) is 11.3 Å². The van der Waals surface area contributed by atoms with Gasteiger partial charge in [-0.05, 0) is 34.5 Å². The van der Waals surface area contributed by atoms with Crippen molar-refractivity contribution in [1.82, 2.24) is 4.98 Å². The molecule has 2 heterocycles. The molecule has 0 radical (unpaired) electrons. The number of ether oxygens (including phenoxy) is 2. The highest BCUT2D eigenvalue weighted by Gasteiger charge is 2.22. The highest BCUT2D eigenvalue weighted by molar-refractivity contribution is 9.10. The van der Waals surface area contributed by atoms with Gasteiger partial charge >= 0.3 is 5.97 Å². The molecule has 0 unspecified atom stereocenters. The normalized spacial score (nSPS) is 12.7. The van der Waals surface area contributed by atoms with Gasteiger partial charge < -0.3 is 14.6 Å². The second kappa shape index (κ2) is 5.06. The summed E-state index contributed by atoms with van der Waals surface area (Å²) in [4.78, 5) is 15.9. The molecule has 1 aliphatic rings. The van der Waals surface area contributed by atoms with Crippen molar-refractivity contribution < 1.29 is 19.4 Å². The number of rotatable bonds is 3. The number of aryl methyl sites for hydroxylation is 1. The molecule has 20 heavy (non-hydrogen) atoms. The molecule has 1 aliphatic heterocycles. The number of thiazole rings is 1. The highest BCUT2D eigenvalue weighted by Crippen LogP contribution is 2.43. The summed E-state index contributed by atoms with van der Waals surface area (Å²) >= 11 is 4.59. The average Bonchev–Trinajstić information content (AvgIpc) is 3.04. The van der Waals surface area contributed by atoms with Crippen molar-refractivity contribution in [3.63, 3.8) is 0 Å². The lowest BCUT2D eigenvalue weighted by Gasteiger charge is -2.02. The summed E-state index contributed by atoms with van der Waals surface area (Å²) in [5, 5.41) is 9.85.